The lowest BCUT2D eigenvalue weighted by atomic mass is 10.0. The Morgan fingerprint density at radius 3 is 2.53 bits per heavy atom. The minimum absolute atomic E-state index is 0.0775. The maximum atomic E-state index is 11.1. The van der Waals surface area contributed by atoms with E-state index >= 15 is 0 Å². The van der Waals surface area contributed by atoms with E-state index in [-0.39, 0.29) is 5.56 Å². The molecule has 0 aliphatic carbocycles. The standard InChI is InChI=1S/C12H9NO4/c14-11(15)9-5-3-6-10-8(9)4-1-2-7-13(10)12(16)17/h1-7H,(H,14,15)(H,16,17). The maximum absolute atomic E-state index is 11.1. The number of benzene rings is 1. The van der Waals surface area contributed by atoms with Crippen LogP contribution in [-0.2, 0) is 0 Å². The summed E-state index contributed by atoms with van der Waals surface area (Å²) in [6.45, 7) is 0. The predicted octanol–water partition coefficient (Wildman–Crippen LogP) is 2.41. The minimum Gasteiger partial charge on any atom is -0.478 e. The topological polar surface area (TPSA) is 77.8 Å². The zero-order valence-corrected chi connectivity index (χ0v) is 8.70. The van der Waals surface area contributed by atoms with Gasteiger partial charge in [-0.15, -0.1) is 0 Å². The van der Waals surface area contributed by atoms with Gasteiger partial charge in [-0.05, 0) is 18.2 Å². The van der Waals surface area contributed by atoms with Crippen molar-refractivity contribution in [2.45, 2.75) is 0 Å². The van der Waals surface area contributed by atoms with E-state index in [0.29, 0.717) is 11.3 Å². The molecule has 0 saturated heterocycles. The molecule has 0 fully saturated rings. The molecule has 0 spiro atoms. The number of fused-ring (bicyclic) bond motifs is 1. The lowest BCUT2D eigenvalue weighted by Gasteiger charge is -2.17. The predicted molar refractivity (Wildman–Crippen MR) is 62.1 cm³/mol. The molecular formula is C12H9NO4. The van der Waals surface area contributed by atoms with Gasteiger partial charge in [0.1, 0.15) is 0 Å². The van der Waals surface area contributed by atoms with Crippen molar-refractivity contribution in [1.29, 1.82) is 0 Å². The summed E-state index contributed by atoms with van der Waals surface area (Å²) in [6, 6.07) is 4.53. The highest BCUT2D eigenvalue weighted by molar-refractivity contribution is 5.99. The molecule has 0 bridgehead atoms. The van der Waals surface area contributed by atoms with Gasteiger partial charge in [-0.25, -0.2) is 9.59 Å². The smallest absolute Gasteiger partial charge is 0.415 e. The van der Waals surface area contributed by atoms with Crippen LogP contribution >= 0.6 is 0 Å². The van der Waals surface area contributed by atoms with E-state index < -0.39 is 12.1 Å². The summed E-state index contributed by atoms with van der Waals surface area (Å²) in [5.41, 5.74) is 0.795. The van der Waals surface area contributed by atoms with Crippen molar-refractivity contribution in [3.05, 3.63) is 47.7 Å². The number of carboxylic acids is 1. The van der Waals surface area contributed by atoms with Gasteiger partial charge in [-0.3, -0.25) is 4.90 Å². The normalized spacial score (nSPS) is 13.1. The average molecular weight is 231 g/mol. The number of hydrogen-bond donors (Lipinski definition) is 2. The second-order valence-corrected chi connectivity index (χ2v) is 3.40. The van der Waals surface area contributed by atoms with Gasteiger partial charge in [-0.1, -0.05) is 18.2 Å². The minimum atomic E-state index is -1.16. The number of amides is 1. The van der Waals surface area contributed by atoms with Crippen LogP contribution in [-0.4, -0.2) is 22.3 Å². The Balaban J connectivity index is 2.66. The molecule has 86 valence electrons. The van der Waals surface area contributed by atoms with Gasteiger partial charge in [-0.2, -0.15) is 0 Å². The summed E-state index contributed by atoms with van der Waals surface area (Å²) in [5, 5.41) is 18.1. The van der Waals surface area contributed by atoms with E-state index in [2.05, 4.69) is 0 Å². The number of rotatable bonds is 1. The third kappa shape index (κ3) is 1.90. The first-order valence-electron chi connectivity index (χ1n) is 4.84. The van der Waals surface area contributed by atoms with E-state index in [0.717, 1.165) is 4.90 Å². The molecule has 2 rings (SSSR count). The van der Waals surface area contributed by atoms with Crippen LogP contribution in [0.1, 0.15) is 15.9 Å². The number of hydrogen-bond acceptors (Lipinski definition) is 2. The molecule has 1 heterocycles. The molecule has 0 radical (unpaired) electrons. The fraction of sp³-hybridized carbons (Fsp3) is 0. The Kier molecular flexibility index (Phi) is 2.66. The van der Waals surface area contributed by atoms with Gasteiger partial charge in [0.15, 0.2) is 0 Å². The van der Waals surface area contributed by atoms with E-state index in [1.165, 1.54) is 18.3 Å². The Morgan fingerprint density at radius 1 is 1.12 bits per heavy atom. The lowest BCUT2D eigenvalue weighted by Crippen LogP contribution is -2.23. The summed E-state index contributed by atoms with van der Waals surface area (Å²) in [5.74, 6) is -1.08. The number of nitrogens with zero attached hydrogens (tertiary/aromatic N) is 1. The van der Waals surface area contributed by atoms with Crippen molar-refractivity contribution >= 4 is 23.8 Å². The van der Waals surface area contributed by atoms with Crippen LogP contribution < -0.4 is 4.90 Å². The SMILES string of the molecule is O=C(O)c1cccc2c1C=CC=CN2C(=O)O. The molecule has 0 aromatic heterocycles. The maximum Gasteiger partial charge on any atom is 0.415 e. The highest BCUT2D eigenvalue weighted by Crippen LogP contribution is 2.28. The quantitative estimate of drug-likeness (QED) is 0.777. The first kappa shape index (κ1) is 10.9. The summed E-state index contributed by atoms with van der Waals surface area (Å²) < 4.78 is 0. The molecule has 2 N–H and O–H groups in total. The van der Waals surface area contributed by atoms with Gasteiger partial charge in [0, 0.05) is 11.8 Å². The summed E-state index contributed by atoms with van der Waals surface area (Å²) >= 11 is 0. The van der Waals surface area contributed by atoms with E-state index in [1.807, 2.05) is 0 Å². The molecule has 0 atom stereocenters. The van der Waals surface area contributed by atoms with Crippen LogP contribution in [0.15, 0.2) is 36.6 Å². The molecule has 1 aliphatic heterocycles. The zero-order chi connectivity index (χ0) is 12.4. The van der Waals surface area contributed by atoms with Crippen molar-refractivity contribution in [3.63, 3.8) is 0 Å². The Labute approximate surface area is 96.9 Å². The molecule has 5 heteroatoms. The molecule has 1 aromatic rings. The molecule has 17 heavy (non-hydrogen) atoms. The fourth-order valence-corrected chi connectivity index (χ4v) is 1.66. The zero-order valence-electron chi connectivity index (χ0n) is 8.70. The van der Waals surface area contributed by atoms with Crippen LogP contribution in [0, 0.1) is 0 Å². The molecule has 0 saturated carbocycles. The Hall–Kier alpha value is -2.56. The van der Waals surface area contributed by atoms with Crippen LogP contribution in [0.4, 0.5) is 10.5 Å². The Morgan fingerprint density at radius 2 is 1.88 bits per heavy atom. The summed E-state index contributed by atoms with van der Waals surface area (Å²) in [7, 11) is 0. The molecule has 5 nitrogen and oxygen atoms in total. The highest BCUT2D eigenvalue weighted by Gasteiger charge is 2.19. The van der Waals surface area contributed by atoms with Crippen molar-refractivity contribution < 1.29 is 19.8 Å². The lowest BCUT2D eigenvalue weighted by molar-refractivity contribution is 0.0696. The Bertz CT molecular complexity index is 545. The van der Waals surface area contributed by atoms with Crippen LogP contribution in [0.3, 0.4) is 0 Å². The van der Waals surface area contributed by atoms with E-state index in [4.69, 9.17) is 10.2 Å². The van der Waals surface area contributed by atoms with E-state index in [1.54, 1.807) is 24.3 Å². The monoisotopic (exact) mass is 231 g/mol. The van der Waals surface area contributed by atoms with Gasteiger partial charge < -0.3 is 10.2 Å². The second-order valence-electron chi connectivity index (χ2n) is 3.40. The molecule has 0 unspecified atom stereocenters. The molecule has 1 aromatic carbocycles. The first-order chi connectivity index (χ1) is 8.11. The number of carbonyl (C=O) groups is 2. The number of allylic oxidation sites excluding steroid dienone is 2. The fourth-order valence-electron chi connectivity index (χ4n) is 1.66. The van der Waals surface area contributed by atoms with Gasteiger partial charge in [0.25, 0.3) is 0 Å². The number of anilines is 1. The summed E-state index contributed by atoms with van der Waals surface area (Å²) in [6.07, 6.45) is 4.94. The third-order valence-corrected chi connectivity index (χ3v) is 2.39. The largest absolute Gasteiger partial charge is 0.478 e. The van der Waals surface area contributed by atoms with Crippen LogP contribution in [0.2, 0.25) is 0 Å². The van der Waals surface area contributed by atoms with Gasteiger partial charge in [0.2, 0.25) is 0 Å². The van der Waals surface area contributed by atoms with Crippen molar-refractivity contribution in [1.82, 2.24) is 0 Å². The van der Waals surface area contributed by atoms with Crippen LogP contribution in [0.25, 0.3) is 6.08 Å². The van der Waals surface area contributed by atoms with Crippen molar-refractivity contribution in [2.75, 3.05) is 4.90 Å². The number of carboxylic acid groups (broad SMARTS) is 2. The van der Waals surface area contributed by atoms with Gasteiger partial charge in [0.05, 0.1) is 11.3 Å². The summed E-state index contributed by atoms with van der Waals surface area (Å²) in [4.78, 5) is 23.1. The third-order valence-electron chi connectivity index (χ3n) is 2.39. The molecular weight excluding hydrogens is 222 g/mol. The van der Waals surface area contributed by atoms with Gasteiger partial charge >= 0.3 is 12.1 Å². The van der Waals surface area contributed by atoms with Crippen LogP contribution in [0.5, 0.6) is 0 Å². The highest BCUT2D eigenvalue weighted by atomic mass is 16.4. The van der Waals surface area contributed by atoms with Crippen molar-refractivity contribution in [3.8, 4) is 0 Å². The first-order valence-corrected chi connectivity index (χ1v) is 4.84. The molecule has 1 aliphatic rings. The second kappa shape index (κ2) is 4.13. The van der Waals surface area contributed by atoms with Crippen molar-refractivity contribution in [2.24, 2.45) is 0 Å². The molecule has 1 amide bonds. The average Bonchev–Trinajstić information content (AvgIpc) is 2.49. The number of aromatic carboxylic acids is 1. The van der Waals surface area contributed by atoms with E-state index in [9.17, 15) is 9.59 Å².